The number of carbonyl (C=O) groups is 2. The first-order valence-corrected chi connectivity index (χ1v) is 8.42. The van der Waals surface area contributed by atoms with Crippen LogP contribution >= 0.6 is 0 Å². The zero-order chi connectivity index (χ0) is 16.0. The Morgan fingerprint density at radius 1 is 0.545 bits per heavy atom. The number of benzene rings is 2. The molecular formula is C14H8O6S2. The zero-order valence-corrected chi connectivity index (χ0v) is 12.6. The van der Waals surface area contributed by atoms with Crippen LogP contribution in [0.1, 0.15) is 31.8 Å². The molecule has 0 amide bonds. The third-order valence-corrected chi connectivity index (χ3v) is 4.81. The van der Waals surface area contributed by atoms with E-state index >= 15 is 0 Å². The molecule has 8 heteroatoms. The molecule has 0 bridgehead atoms. The molecule has 0 atom stereocenters. The van der Waals surface area contributed by atoms with Crippen LogP contribution in [0.15, 0.2) is 46.2 Å². The van der Waals surface area contributed by atoms with Gasteiger partial charge in [0.1, 0.15) is 0 Å². The van der Waals surface area contributed by atoms with Crippen molar-refractivity contribution in [1.29, 1.82) is 0 Å². The highest BCUT2D eigenvalue weighted by atomic mass is 32.2. The van der Waals surface area contributed by atoms with Crippen LogP contribution < -0.4 is 0 Å². The fourth-order valence-electron chi connectivity index (χ4n) is 2.35. The number of fused-ring (bicyclic) bond motifs is 2. The van der Waals surface area contributed by atoms with Gasteiger partial charge < -0.3 is 0 Å². The molecule has 0 aliphatic heterocycles. The van der Waals surface area contributed by atoms with Crippen molar-refractivity contribution in [2.24, 2.45) is 0 Å². The van der Waals surface area contributed by atoms with E-state index in [2.05, 4.69) is 0 Å². The van der Waals surface area contributed by atoms with Crippen LogP contribution in [0, 0.1) is 0 Å². The second-order valence-corrected chi connectivity index (χ2v) is 6.69. The minimum Gasteiger partial charge on any atom is -0.289 e. The van der Waals surface area contributed by atoms with Crippen molar-refractivity contribution in [2.45, 2.75) is 9.79 Å². The maximum atomic E-state index is 12.4. The fourth-order valence-corrected chi connectivity index (χ4v) is 3.22. The Balaban J connectivity index is 2.26. The van der Waals surface area contributed by atoms with Gasteiger partial charge in [-0.05, 0) is 36.4 Å². The van der Waals surface area contributed by atoms with Gasteiger partial charge in [0.05, 0.1) is 9.79 Å². The zero-order valence-electron chi connectivity index (χ0n) is 10.8. The smallest absolute Gasteiger partial charge is 0.194 e. The second-order valence-electron chi connectivity index (χ2n) is 4.63. The summed E-state index contributed by atoms with van der Waals surface area (Å²) in [6, 6.07) is 7.32. The summed E-state index contributed by atoms with van der Waals surface area (Å²) < 4.78 is 44.1. The third-order valence-electron chi connectivity index (χ3n) is 3.41. The highest BCUT2D eigenvalue weighted by Crippen LogP contribution is 2.29. The quantitative estimate of drug-likeness (QED) is 0.657. The molecule has 22 heavy (non-hydrogen) atoms. The molecule has 0 saturated carbocycles. The minimum absolute atomic E-state index is 0.00783. The third kappa shape index (κ3) is 2.16. The fraction of sp³-hybridized carbons (Fsp3) is 0. The van der Waals surface area contributed by atoms with E-state index in [4.69, 9.17) is 0 Å². The topological polar surface area (TPSA) is 102 Å². The van der Waals surface area contributed by atoms with E-state index in [0.717, 1.165) is 12.1 Å². The van der Waals surface area contributed by atoms with E-state index < -0.39 is 33.0 Å². The molecule has 2 aromatic rings. The average Bonchev–Trinajstić information content (AvgIpc) is 2.51. The monoisotopic (exact) mass is 336 g/mol. The van der Waals surface area contributed by atoms with E-state index in [-0.39, 0.29) is 32.0 Å². The van der Waals surface area contributed by atoms with Gasteiger partial charge in [-0.3, -0.25) is 9.59 Å². The van der Waals surface area contributed by atoms with Crippen molar-refractivity contribution >= 4 is 33.0 Å². The predicted molar refractivity (Wildman–Crippen MR) is 76.9 cm³/mol. The van der Waals surface area contributed by atoms with Gasteiger partial charge in [-0.1, -0.05) is 0 Å². The van der Waals surface area contributed by atoms with Gasteiger partial charge >= 0.3 is 0 Å². The molecule has 0 fully saturated rings. The van der Waals surface area contributed by atoms with Gasteiger partial charge in [0, 0.05) is 22.3 Å². The molecule has 0 aromatic heterocycles. The maximum Gasteiger partial charge on any atom is 0.194 e. The van der Waals surface area contributed by atoms with Crippen molar-refractivity contribution in [2.75, 3.05) is 0 Å². The van der Waals surface area contributed by atoms with Crippen molar-refractivity contribution in [3.05, 3.63) is 58.7 Å². The Hall–Kier alpha value is -2.32. The van der Waals surface area contributed by atoms with E-state index in [1.54, 1.807) is 0 Å². The van der Waals surface area contributed by atoms with Crippen molar-refractivity contribution in [1.82, 2.24) is 0 Å². The van der Waals surface area contributed by atoms with Crippen LogP contribution in [0.5, 0.6) is 0 Å². The molecule has 0 unspecified atom stereocenters. The lowest BCUT2D eigenvalue weighted by atomic mass is 9.84. The Labute approximate surface area is 128 Å². The molecule has 0 saturated heterocycles. The van der Waals surface area contributed by atoms with Gasteiger partial charge in [-0.25, -0.2) is 16.8 Å². The molecule has 6 nitrogen and oxygen atoms in total. The molecule has 0 spiro atoms. The van der Waals surface area contributed by atoms with Crippen LogP contribution in [0.4, 0.5) is 0 Å². The standard InChI is InChI=1S/C14H8O6S2/c15-13-9-3-1-7(21(17)18)5-11(9)14(16)10-4-2-8(22(19)20)6-12(10)13/h1-6,21-22H. The predicted octanol–water partition coefficient (Wildman–Crippen LogP) is 0.403. The van der Waals surface area contributed by atoms with Crippen LogP contribution in [0.25, 0.3) is 0 Å². The molecule has 3 rings (SSSR count). The summed E-state index contributed by atoms with van der Waals surface area (Å²) in [7, 11) is -5.74. The molecule has 2 aromatic carbocycles. The van der Waals surface area contributed by atoms with E-state index in [1.165, 1.54) is 24.3 Å². The number of carbonyl (C=O) groups excluding carboxylic acids is 2. The lowest BCUT2D eigenvalue weighted by molar-refractivity contribution is 0.0978. The SMILES string of the molecule is O=C1c2ccc([SH](=O)=O)cc2C(=O)c2ccc([SH](=O)=O)cc21. The van der Waals surface area contributed by atoms with Crippen molar-refractivity contribution in [3.63, 3.8) is 0 Å². The number of hydrogen-bond donors (Lipinski definition) is 2. The maximum absolute atomic E-state index is 12.4. The van der Waals surface area contributed by atoms with Crippen LogP contribution in [-0.4, -0.2) is 28.4 Å². The molecule has 0 N–H and O–H groups in total. The molecule has 1 aliphatic rings. The second kappa shape index (κ2) is 5.15. The molecule has 1 aliphatic carbocycles. The van der Waals surface area contributed by atoms with Crippen LogP contribution in [0.3, 0.4) is 0 Å². The number of hydrogen-bond acceptors (Lipinski definition) is 6. The Morgan fingerprint density at radius 3 is 1.23 bits per heavy atom. The number of rotatable bonds is 2. The normalized spacial score (nSPS) is 13.4. The number of ketones is 2. The average molecular weight is 336 g/mol. The molecule has 0 radical (unpaired) electrons. The van der Waals surface area contributed by atoms with Crippen LogP contribution in [-0.2, 0) is 21.4 Å². The first kappa shape index (κ1) is 14.6. The molecular weight excluding hydrogens is 328 g/mol. The lowest BCUT2D eigenvalue weighted by Crippen LogP contribution is -2.21. The first-order chi connectivity index (χ1) is 10.4. The lowest BCUT2D eigenvalue weighted by Gasteiger charge is -2.17. The minimum atomic E-state index is -2.87. The van der Waals surface area contributed by atoms with E-state index in [9.17, 15) is 26.4 Å². The summed E-state index contributed by atoms with van der Waals surface area (Å²) in [4.78, 5) is 24.7. The Bertz CT molecular complexity index is 901. The van der Waals surface area contributed by atoms with E-state index in [1.807, 2.05) is 0 Å². The summed E-state index contributed by atoms with van der Waals surface area (Å²) in [6.07, 6.45) is 0. The summed E-state index contributed by atoms with van der Waals surface area (Å²) >= 11 is 0. The van der Waals surface area contributed by atoms with Gasteiger partial charge in [0.25, 0.3) is 0 Å². The summed E-state index contributed by atoms with van der Waals surface area (Å²) in [6.45, 7) is 0. The highest BCUT2D eigenvalue weighted by molar-refractivity contribution is 7.72. The van der Waals surface area contributed by atoms with Gasteiger partial charge in [0.2, 0.25) is 0 Å². The molecule has 0 heterocycles. The number of thiol groups is 2. The van der Waals surface area contributed by atoms with Crippen molar-refractivity contribution < 1.29 is 26.4 Å². The van der Waals surface area contributed by atoms with E-state index in [0.29, 0.717) is 0 Å². The molecule has 112 valence electrons. The first-order valence-electron chi connectivity index (χ1n) is 6.06. The largest absolute Gasteiger partial charge is 0.289 e. The van der Waals surface area contributed by atoms with Gasteiger partial charge in [-0.15, -0.1) is 0 Å². The summed E-state index contributed by atoms with van der Waals surface area (Å²) in [5.74, 6) is -1.01. The Kier molecular flexibility index (Phi) is 3.42. The Morgan fingerprint density at radius 2 is 0.909 bits per heavy atom. The van der Waals surface area contributed by atoms with Crippen molar-refractivity contribution in [3.8, 4) is 0 Å². The summed E-state index contributed by atoms with van der Waals surface area (Å²) in [5, 5.41) is 0. The van der Waals surface area contributed by atoms with Gasteiger partial charge in [0.15, 0.2) is 33.0 Å². The summed E-state index contributed by atoms with van der Waals surface area (Å²) in [5.41, 5.74) is 0.148. The highest BCUT2D eigenvalue weighted by Gasteiger charge is 2.30. The van der Waals surface area contributed by atoms with Gasteiger partial charge in [-0.2, -0.15) is 0 Å². The van der Waals surface area contributed by atoms with Crippen LogP contribution in [0.2, 0.25) is 0 Å².